The van der Waals surface area contributed by atoms with Gasteiger partial charge in [0.25, 0.3) is 0 Å². The third-order valence-corrected chi connectivity index (χ3v) is 3.49. The Bertz CT molecular complexity index is 246. The predicted molar refractivity (Wildman–Crippen MR) is 82.2 cm³/mol. The molecule has 112 valence electrons. The van der Waals surface area contributed by atoms with Gasteiger partial charge in [0, 0.05) is 6.42 Å². The van der Waals surface area contributed by atoms with Crippen LogP contribution in [0.4, 0.5) is 0 Å². The van der Waals surface area contributed by atoms with Crippen molar-refractivity contribution in [3.8, 4) is 0 Å². The van der Waals surface area contributed by atoms with E-state index in [1.807, 2.05) is 13.8 Å². The predicted octanol–water partition coefficient (Wildman–Crippen LogP) is 5.42. The number of unbranched alkanes of at least 4 members (excludes halogenated alkanes) is 8. The van der Waals surface area contributed by atoms with Gasteiger partial charge in [0.15, 0.2) is 0 Å². The SMILES string of the molecule is C=C(C)C(C)OC(=O)CCCCCCCCCCC. The third kappa shape index (κ3) is 12.0. The Hall–Kier alpha value is -0.790. The van der Waals surface area contributed by atoms with E-state index in [4.69, 9.17) is 4.74 Å². The van der Waals surface area contributed by atoms with Gasteiger partial charge in [-0.25, -0.2) is 0 Å². The maximum atomic E-state index is 11.5. The zero-order valence-corrected chi connectivity index (χ0v) is 13.2. The lowest BCUT2D eigenvalue weighted by molar-refractivity contribution is -0.146. The molecular formula is C17H32O2. The molecule has 0 saturated heterocycles. The molecule has 2 nitrogen and oxygen atoms in total. The minimum absolute atomic E-state index is 0.0848. The van der Waals surface area contributed by atoms with Crippen molar-refractivity contribution in [1.82, 2.24) is 0 Å². The van der Waals surface area contributed by atoms with Crippen LogP contribution in [-0.4, -0.2) is 12.1 Å². The van der Waals surface area contributed by atoms with Gasteiger partial charge < -0.3 is 4.74 Å². The van der Waals surface area contributed by atoms with Crippen LogP contribution in [0.25, 0.3) is 0 Å². The highest BCUT2D eigenvalue weighted by atomic mass is 16.5. The summed E-state index contributed by atoms with van der Waals surface area (Å²) >= 11 is 0. The number of ether oxygens (including phenoxy) is 1. The van der Waals surface area contributed by atoms with Crippen molar-refractivity contribution in [3.63, 3.8) is 0 Å². The van der Waals surface area contributed by atoms with Crippen molar-refractivity contribution < 1.29 is 9.53 Å². The molecule has 0 aromatic rings. The zero-order chi connectivity index (χ0) is 14.5. The number of hydrogen-bond donors (Lipinski definition) is 0. The lowest BCUT2D eigenvalue weighted by Gasteiger charge is -2.12. The Labute approximate surface area is 119 Å². The highest BCUT2D eigenvalue weighted by Crippen LogP contribution is 2.11. The smallest absolute Gasteiger partial charge is 0.306 e. The lowest BCUT2D eigenvalue weighted by atomic mass is 10.1. The van der Waals surface area contributed by atoms with Crippen molar-refractivity contribution in [3.05, 3.63) is 12.2 Å². The average molecular weight is 268 g/mol. The van der Waals surface area contributed by atoms with Gasteiger partial charge in [-0.05, 0) is 25.8 Å². The van der Waals surface area contributed by atoms with Gasteiger partial charge in [0.05, 0.1) is 0 Å². The normalized spacial score (nSPS) is 12.2. The van der Waals surface area contributed by atoms with Gasteiger partial charge in [0.2, 0.25) is 0 Å². The number of carbonyl (C=O) groups excluding carboxylic acids is 1. The molecule has 0 aromatic carbocycles. The van der Waals surface area contributed by atoms with Crippen molar-refractivity contribution in [2.75, 3.05) is 0 Å². The zero-order valence-electron chi connectivity index (χ0n) is 13.2. The summed E-state index contributed by atoms with van der Waals surface area (Å²) in [5.41, 5.74) is 0.903. The Morgan fingerprint density at radius 1 is 1.00 bits per heavy atom. The van der Waals surface area contributed by atoms with Crippen LogP contribution in [0.2, 0.25) is 0 Å². The lowest BCUT2D eigenvalue weighted by Crippen LogP contribution is -2.15. The molecule has 1 unspecified atom stereocenters. The maximum absolute atomic E-state index is 11.5. The van der Waals surface area contributed by atoms with Crippen molar-refractivity contribution in [2.24, 2.45) is 0 Å². The molecule has 1 atom stereocenters. The van der Waals surface area contributed by atoms with E-state index in [0.717, 1.165) is 18.4 Å². The fourth-order valence-electron chi connectivity index (χ4n) is 1.94. The molecule has 0 amide bonds. The first-order valence-corrected chi connectivity index (χ1v) is 7.92. The second-order valence-corrected chi connectivity index (χ2v) is 5.56. The molecule has 0 aliphatic heterocycles. The molecule has 0 N–H and O–H groups in total. The molecule has 0 radical (unpaired) electrons. The number of carbonyl (C=O) groups is 1. The van der Waals surface area contributed by atoms with Gasteiger partial charge in [-0.15, -0.1) is 0 Å². The van der Waals surface area contributed by atoms with Crippen LogP contribution in [0, 0.1) is 0 Å². The Morgan fingerprint density at radius 2 is 1.47 bits per heavy atom. The van der Waals surface area contributed by atoms with Crippen LogP contribution in [-0.2, 0) is 9.53 Å². The molecule has 0 saturated carbocycles. The highest BCUT2D eigenvalue weighted by molar-refractivity contribution is 5.69. The average Bonchev–Trinajstić information content (AvgIpc) is 2.36. The highest BCUT2D eigenvalue weighted by Gasteiger charge is 2.09. The van der Waals surface area contributed by atoms with Crippen molar-refractivity contribution in [2.45, 2.75) is 91.1 Å². The molecular weight excluding hydrogens is 236 g/mol. The van der Waals surface area contributed by atoms with Crippen molar-refractivity contribution in [1.29, 1.82) is 0 Å². The van der Waals surface area contributed by atoms with E-state index in [1.165, 1.54) is 44.9 Å². The van der Waals surface area contributed by atoms with Gasteiger partial charge in [-0.2, -0.15) is 0 Å². The monoisotopic (exact) mass is 268 g/mol. The molecule has 0 spiro atoms. The molecule has 0 heterocycles. The van der Waals surface area contributed by atoms with Crippen molar-refractivity contribution >= 4 is 5.97 Å². The minimum atomic E-state index is -0.147. The molecule has 0 bridgehead atoms. The Morgan fingerprint density at radius 3 is 1.95 bits per heavy atom. The molecule has 19 heavy (non-hydrogen) atoms. The first-order chi connectivity index (χ1) is 9.07. The molecule has 0 aliphatic rings. The second kappa shape index (κ2) is 12.3. The van der Waals surface area contributed by atoms with E-state index < -0.39 is 0 Å². The summed E-state index contributed by atoms with van der Waals surface area (Å²) in [5, 5.41) is 0. The summed E-state index contributed by atoms with van der Waals surface area (Å²) < 4.78 is 5.25. The topological polar surface area (TPSA) is 26.3 Å². The second-order valence-electron chi connectivity index (χ2n) is 5.56. The van der Waals surface area contributed by atoms with Crippen LogP contribution in [0.15, 0.2) is 12.2 Å². The Kier molecular flexibility index (Phi) is 11.7. The minimum Gasteiger partial charge on any atom is -0.458 e. The fourth-order valence-corrected chi connectivity index (χ4v) is 1.94. The first-order valence-electron chi connectivity index (χ1n) is 7.92. The third-order valence-electron chi connectivity index (χ3n) is 3.49. The Balaban J connectivity index is 3.30. The van der Waals surface area contributed by atoms with Crippen LogP contribution in [0.3, 0.4) is 0 Å². The standard InChI is InChI=1S/C17H32O2/c1-5-6-7-8-9-10-11-12-13-14-17(18)19-16(4)15(2)3/h16H,2,5-14H2,1,3-4H3. The van der Waals surface area contributed by atoms with Crippen LogP contribution < -0.4 is 0 Å². The summed E-state index contributed by atoms with van der Waals surface area (Å²) in [7, 11) is 0. The number of rotatable bonds is 12. The molecule has 0 aliphatic carbocycles. The van der Waals surface area contributed by atoms with E-state index in [2.05, 4.69) is 13.5 Å². The maximum Gasteiger partial charge on any atom is 0.306 e. The van der Waals surface area contributed by atoms with Gasteiger partial charge in [-0.3, -0.25) is 4.79 Å². The van der Waals surface area contributed by atoms with Crippen LogP contribution >= 0.6 is 0 Å². The van der Waals surface area contributed by atoms with Crippen LogP contribution in [0.5, 0.6) is 0 Å². The van der Waals surface area contributed by atoms with Gasteiger partial charge in [0.1, 0.15) is 6.10 Å². The molecule has 0 aromatic heterocycles. The number of hydrogen-bond acceptors (Lipinski definition) is 2. The summed E-state index contributed by atoms with van der Waals surface area (Å²) in [5.74, 6) is -0.0848. The van der Waals surface area contributed by atoms with Gasteiger partial charge >= 0.3 is 5.97 Å². The van der Waals surface area contributed by atoms with E-state index in [0.29, 0.717) is 6.42 Å². The van der Waals surface area contributed by atoms with E-state index >= 15 is 0 Å². The van der Waals surface area contributed by atoms with Gasteiger partial charge in [-0.1, -0.05) is 64.9 Å². The summed E-state index contributed by atoms with van der Waals surface area (Å²) in [4.78, 5) is 11.5. The summed E-state index contributed by atoms with van der Waals surface area (Å²) in [6.07, 6.45) is 11.8. The molecule has 0 fully saturated rings. The largest absolute Gasteiger partial charge is 0.458 e. The number of esters is 1. The first kappa shape index (κ1) is 18.2. The van der Waals surface area contributed by atoms with Crippen LogP contribution in [0.1, 0.15) is 85.0 Å². The fraction of sp³-hybridized carbons (Fsp3) is 0.824. The quantitative estimate of drug-likeness (QED) is 0.268. The van der Waals surface area contributed by atoms with E-state index in [-0.39, 0.29) is 12.1 Å². The molecule has 0 rings (SSSR count). The summed E-state index contributed by atoms with van der Waals surface area (Å²) in [6, 6.07) is 0. The summed E-state index contributed by atoms with van der Waals surface area (Å²) in [6.45, 7) is 9.78. The van der Waals surface area contributed by atoms with E-state index in [1.54, 1.807) is 0 Å². The van der Waals surface area contributed by atoms with E-state index in [9.17, 15) is 4.79 Å². The molecule has 2 heteroatoms.